The number of hydrogen-bond acceptors (Lipinski definition) is 2. The van der Waals surface area contributed by atoms with Gasteiger partial charge in [0.25, 0.3) is 0 Å². The number of likely N-dealkylation sites (tertiary alicyclic amines) is 1. The number of nitrogens with one attached hydrogen (secondary N) is 1. The first-order chi connectivity index (χ1) is 8.70. The van der Waals surface area contributed by atoms with Gasteiger partial charge in [-0.2, -0.15) is 0 Å². The lowest BCUT2D eigenvalue weighted by atomic mass is 10.1. The fraction of sp³-hybridized carbons (Fsp3) is 0.600. The molecule has 0 saturated carbocycles. The van der Waals surface area contributed by atoms with Crippen LogP contribution in [0.5, 0.6) is 0 Å². The maximum absolute atomic E-state index is 6.33. The molecule has 0 spiro atoms. The molecule has 1 aromatic carbocycles. The van der Waals surface area contributed by atoms with E-state index in [0.717, 1.165) is 17.6 Å². The topological polar surface area (TPSA) is 15.3 Å². The number of benzene rings is 1. The van der Waals surface area contributed by atoms with Crippen LogP contribution in [0.15, 0.2) is 18.2 Å². The van der Waals surface area contributed by atoms with Gasteiger partial charge in [-0.1, -0.05) is 23.7 Å². The molecule has 1 aromatic rings. The molecule has 3 heteroatoms. The van der Waals surface area contributed by atoms with E-state index >= 15 is 0 Å². The highest BCUT2D eigenvalue weighted by Gasteiger charge is 2.29. The number of rotatable bonds is 2. The van der Waals surface area contributed by atoms with Crippen LogP contribution in [0, 0.1) is 6.92 Å². The zero-order valence-electron chi connectivity index (χ0n) is 11.0. The third-order valence-corrected chi connectivity index (χ3v) is 4.56. The van der Waals surface area contributed by atoms with E-state index in [1.807, 2.05) is 0 Å². The molecule has 2 nitrogen and oxygen atoms in total. The van der Waals surface area contributed by atoms with Crippen molar-refractivity contribution in [3.8, 4) is 0 Å². The molecule has 2 saturated heterocycles. The van der Waals surface area contributed by atoms with Gasteiger partial charge in [-0.25, -0.2) is 0 Å². The Morgan fingerprint density at radius 3 is 2.94 bits per heavy atom. The second-order valence-electron chi connectivity index (χ2n) is 5.76. The first-order valence-electron chi connectivity index (χ1n) is 6.94. The first kappa shape index (κ1) is 12.5. The monoisotopic (exact) mass is 264 g/mol. The Bertz CT molecular complexity index is 433. The first-order valence-corrected chi connectivity index (χ1v) is 7.32. The maximum Gasteiger partial charge on any atom is 0.0453 e. The molecule has 2 bridgehead atoms. The Hall–Kier alpha value is -0.570. The van der Waals surface area contributed by atoms with Crippen LogP contribution in [-0.2, 0) is 6.54 Å². The van der Waals surface area contributed by atoms with E-state index < -0.39 is 0 Å². The zero-order valence-corrected chi connectivity index (χ0v) is 11.7. The van der Waals surface area contributed by atoms with Crippen molar-refractivity contribution in [3.63, 3.8) is 0 Å². The molecule has 0 amide bonds. The zero-order chi connectivity index (χ0) is 12.5. The Morgan fingerprint density at radius 2 is 2.11 bits per heavy atom. The standard InChI is InChI=1S/C15H21ClN2/c1-11-2-3-12(15(16)8-11)9-18-7-6-13-4-5-14(10-18)17-13/h2-3,8,13-14,17H,4-7,9-10H2,1H3. The van der Waals surface area contributed by atoms with Crippen molar-refractivity contribution in [1.29, 1.82) is 0 Å². The van der Waals surface area contributed by atoms with Gasteiger partial charge in [0.05, 0.1) is 0 Å². The summed E-state index contributed by atoms with van der Waals surface area (Å²) in [6, 6.07) is 7.85. The minimum Gasteiger partial charge on any atom is -0.310 e. The van der Waals surface area contributed by atoms with Gasteiger partial charge in [0.15, 0.2) is 0 Å². The average molecular weight is 265 g/mol. The van der Waals surface area contributed by atoms with Gasteiger partial charge in [-0.15, -0.1) is 0 Å². The molecule has 2 unspecified atom stereocenters. The molecule has 98 valence electrons. The van der Waals surface area contributed by atoms with Gasteiger partial charge in [0, 0.05) is 36.7 Å². The number of halogens is 1. The normalized spacial score (nSPS) is 28.3. The van der Waals surface area contributed by atoms with Gasteiger partial charge < -0.3 is 5.32 Å². The largest absolute Gasteiger partial charge is 0.310 e. The van der Waals surface area contributed by atoms with Crippen LogP contribution in [0.2, 0.25) is 5.02 Å². The van der Waals surface area contributed by atoms with Crippen molar-refractivity contribution in [1.82, 2.24) is 10.2 Å². The van der Waals surface area contributed by atoms with Crippen molar-refractivity contribution < 1.29 is 0 Å². The molecular formula is C15H21ClN2. The van der Waals surface area contributed by atoms with Crippen LogP contribution in [0.3, 0.4) is 0 Å². The molecule has 2 aliphatic heterocycles. The van der Waals surface area contributed by atoms with Gasteiger partial charge in [-0.3, -0.25) is 4.90 Å². The van der Waals surface area contributed by atoms with E-state index in [0.29, 0.717) is 6.04 Å². The Kier molecular flexibility index (Phi) is 3.60. The summed E-state index contributed by atoms with van der Waals surface area (Å²) in [4.78, 5) is 2.55. The second-order valence-corrected chi connectivity index (χ2v) is 6.16. The number of nitrogens with zero attached hydrogens (tertiary/aromatic N) is 1. The van der Waals surface area contributed by atoms with Gasteiger partial charge in [-0.05, 0) is 43.4 Å². The molecule has 0 aliphatic carbocycles. The van der Waals surface area contributed by atoms with Crippen molar-refractivity contribution in [2.75, 3.05) is 13.1 Å². The minimum atomic E-state index is 0.696. The van der Waals surface area contributed by atoms with Crippen molar-refractivity contribution in [2.24, 2.45) is 0 Å². The van der Waals surface area contributed by atoms with E-state index in [9.17, 15) is 0 Å². The maximum atomic E-state index is 6.33. The summed E-state index contributed by atoms with van der Waals surface area (Å²) >= 11 is 6.33. The molecule has 18 heavy (non-hydrogen) atoms. The van der Waals surface area contributed by atoms with E-state index in [2.05, 4.69) is 35.3 Å². The summed E-state index contributed by atoms with van der Waals surface area (Å²) in [7, 11) is 0. The highest BCUT2D eigenvalue weighted by Crippen LogP contribution is 2.24. The van der Waals surface area contributed by atoms with Crippen LogP contribution in [0.4, 0.5) is 0 Å². The Morgan fingerprint density at radius 1 is 1.28 bits per heavy atom. The number of hydrogen-bond donors (Lipinski definition) is 1. The fourth-order valence-electron chi connectivity index (χ4n) is 3.18. The van der Waals surface area contributed by atoms with E-state index in [-0.39, 0.29) is 0 Å². The van der Waals surface area contributed by atoms with Crippen molar-refractivity contribution >= 4 is 11.6 Å². The smallest absolute Gasteiger partial charge is 0.0453 e. The van der Waals surface area contributed by atoms with E-state index in [1.165, 1.54) is 43.5 Å². The Balaban J connectivity index is 1.68. The third kappa shape index (κ3) is 2.71. The summed E-state index contributed by atoms with van der Waals surface area (Å²) in [5.41, 5.74) is 2.50. The van der Waals surface area contributed by atoms with E-state index in [1.54, 1.807) is 0 Å². The molecule has 2 aliphatic rings. The molecule has 3 rings (SSSR count). The average Bonchev–Trinajstić information content (AvgIpc) is 2.66. The van der Waals surface area contributed by atoms with E-state index in [4.69, 9.17) is 11.6 Å². The van der Waals surface area contributed by atoms with Crippen LogP contribution >= 0.6 is 11.6 Å². The third-order valence-electron chi connectivity index (χ3n) is 4.21. The van der Waals surface area contributed by atoms with Crippen LogP contribution in [-0.4, -0.2) is 30.1 Å². The predicted molar refractivity (Wildman–Crippen MR) is 76.0 cm³/mol. The highest BCUT2D eigenvalue weighted by atomic mass is 35.5. The molecule has 1 N–H and O–H groups in total. The van der Waals surface area contributed by atoms with Crippen molar-refractivity contribution in [3.05, 3.63) is 34.3 Å². The minimum absolute atomic E-state index is 0.696. The van der Waals surface area contributed by atoms with Gasteiger partial charge in [0.2, 0.25) is 0 Å². The van der Waals surface area contributed by atoms with Crippen LogP contribution in [0.1, 0.15) is 30.4 Å². The van der Waals surface area contributed by atoms with Crippen LogP contribution < -0.4 is 5.32 Å². The molecule has 0 radical (unpaired) electrons. The Labute approximate surface area is 114 Å². The molecular weight excluding hydrogens is 244 g/mol. The quantitative estimate of drug-likeness (QED) is 0.884. The lowest BCUT2D eigenvalue weighted by Gasteiger charge is -2.24. The van der Waals surface area contributed by atoms with Crippen molar-refractivity contribution in [2.45, 2.75) is 44.8 Å². The summed E-state index contributed by atoms with van der Waals surface area (Å²) in [5, 5.41) is 4.63. The number of fused-ring (bicyclic) bond motifs is 2. The summed E-state index contributed by atoms with van der Waals surface area (Å²) in [5.74, 6) is 0. The highest BCUT2D eigenvalue weighted by molar-refractivity contribution is 6.31. The van der Waals surface area contributed by atoms with Gasteiger partial charge in [0.1, 0.15) is 0 Å². The molecule has 2 fully saturated rings. The number of aryl methyl sites for hydroxylation is 1. The fourth-order valence-corrected chi connectivity index (χ4v) is 3.48. The summed E-state index contributed by atoms with van der Waals surface area (Å²) in [6.45, 7) is 5.44. The predicted octanol–water partition coefficient (Wildman–Crippen LogP) is 2.97. The second kappa shape index (κ2) is 5.20. The molecule has 2 atom stereocenters. The van der Waals surface area contributed by atoms with Gasteiger partial charge >= 0.3 is 0 Å². The lowest BCUT2D eigenvalue weighted by molar-refractivity contribution is 0.251. The molecule has 0 aromatic heterocycles. The SMILES string of the molecule is Cc1ccc(CN2CCC3CCC(C2)N3)c(Cl)c1. The van der Waals surface area contributed by atoms with Crippen LogP contribution in [0.25, 0.3) is 0 Å². The summed E-state index contributed by atoms with van der Waals surface area (Å²) < 4.78 is 0. The summed E-state index contributed by atoms with van der Waals surface area (Å²) in [6.07, 6.45) is 3.98. The lowest BCUT2D eigenvalue weighted by Crippen LogP contribution is -2.35. The molecule has 2 heterocycles.